The lowest BCUT2D eigenvalue weighted by Gasteiger charge is -2.12. The minimum atomic E-state index is 0.600. The quantitative estimate of drug-likeness (QED) is 0.748. The standard InChI is InChI=1S/C15H21NS2/c1-3-17-9-8-12(2)16-10-13-11-18-15-7-5-4-6-14(13)15/h4-7,11-12,16H,3,8-10H2,1-2H3. The Morgan fingerprint density at radius 3 is 3.00 bits per heavy atom. The van der Waals surface area contributed by atoms with Gasteiger partial charge in [-0.15, -0.1) is 11.3 Å². The van der Waals surface area contributed by atoms with Crippen LogP contribution in [0.25, 0.3) is 10.1 Å². The van der Waals surface area contributed by atoms with Crippen molar-refractivity contribution >= 4 is 33.2 Å². The van der Waals surface area contributed by atoms with Crippen molar-refractivity contribution in [2.45, 2.75) is 32.9 Å². The van der Waals surface area contributed by atoms with Crippen LogP contribution in [0.3, 0.4) is 0 Å². The summed E-state index contributed by atoms with van der Waals surface area (Å²) < 4.78 is 1.39. The average molecular weight is 279 g/mol. The normalized spacial score (nSPS) is 13.0. The van der Waals surface area contributed by atoms with E-state index in [0.717, 1.165) is 6.54 Å². The molecule has 1 atom stereocenters. The molecule has 18 heavy (non-hydrogen) atoms. The lowest BCUT2D eigenvalue weighted by atomic mass is 10.1. The van der Waals surface area contributed by atoms with Gasteiger partial charge >= 0.3 is 0 Å². The van der Waals surface area contributed by atoms with Crippen molar-refractivity contribution < 1.29 is 0 Å². The van der Waals surface area contributed by atoms with Crippen LogP contribution in [0.2, 0.25) is 0 Å². The Bertz CT molecular complexity index is 478. The lowest BCUT2D eigenvalue weighted by molar-refractivity contribution is 0.539. The van der Waals surface area contributed by atoms with Gasteiger partial charge in [0.1, 0.15) is 0 Å². The van der Waals surface area contributed by atoms with Gasteiger partial charge in [0.25, 0.3) is 0 Å². The van der Waals surface area contributed by atoms with Gasteiger partial charge in [0, 0.05) is 17.3 Å². The summed E-state index contributed by atoms with van der Waals surface area (Å²) in [6.07, 6.45) is 1.25. The van der Waals surface area contributed by atoms with Gasteiger partial charge in [0.2, 0.25) is 0 Å². The van der Waals surface area contributed by atoms with Gasteiger partial charge in [-0.05, 0) is 47.2 Å². The third kappa shape index (κ3) is 3.74. The molecule has 98 valence electrons. The minimum Gasteiger partial charge on any atom is -0.310 e. The van der Waals surface area contributed by atoms with E-state index in [1.54, 1.807) is 0 Å². The highest BCUT2D eigenvalue weighted by Gasteiger charge is 2.05. The van der Waals surface area contributed by atoms with Crippen LogP contribution in [-0.2, 0) is 6.54 Å². The van der Waals surface area contributed by atoms with E-state index in [-0.39, 0.29) is 0 Å². The fourth-order valence-electron chi connectivity index (χ4n) is 1.96. The minimum absolute atomic E-state index is 0.600. The van der Waals surface area contributed by atoms with E-state index in [1.807, 2.05) is 23.1 Å². The fourth-order valence-corrected chi connectivity index (χ4v) is 3.73. The number of rotatable bonds is 7. The van der Waals surface area contributed by atoms with Crippen LogP contribution in [0, 0.1) is 0 Å². The highest BCUT2D eigenvalue weighted by Crippen LogP contribution is 2.25. The lowest BCUT2D eigenvalue weighted by Crippen LogP contribution is -2.25. The summed E-state index contributed by atoms with van der Waals surface area (Å²) in [5.41, 5.74) is 1.44. The predicted octanol–water partition coefficient (Wildman–Crippen LogP) is 4.52. The third-order valence-electron chi connectivity index (χ3n) is 3.10. The van der Waals surface area contributed by atoms with E-state index in [2.05, 4.69) is 48.8 Å². The van der Waals surface area contributed by atoms with Gasteiger partial charge in [-0.2, -0.15) is 11.8 Å². The SMILES string of the molecule is CCSCCC(C)NCc1csc2ccccc12. The molecule has 0 aliphatic rings. The molecule has 0 saturated carbocycles. The van der Waals surface area contributed by atoms with E-state index >= 15 is 0 Å². The van der Waals surface area contributed by atoms with Gasteiger partial charge in [0.15, 0.2) is 0 Å². The van der Waals surface area contributed by atoms with Crippen LogP contribution >= 0.6 is 23.1 Å². The van der Waals surface area contributed by atoms with Crippen LogP contribution < -0.4 is 5.32 Å². The number of fused-ring (bicyclic) bond motifs is 1. The molecule has 0 radical (unpaired) electrons. The predicted molar refractivity (Wildman–Crippen MR) is 85.7 cm³/mol. The van der Waals surface area contributed by atoms with Crippen LogP contribution in [0.1, 0.15) is 25.8 Å². The number of hydrogen-bond donors (Lipinski definition) is 1. The Morgan fingerprint density at radius 1 is 1.33 bits per heavy atom. The molecule has 1 aromatic carbocycles. The smallest absolute Gasteiger partial charge is 0.0346 e. The van der Waals surface area contributed by atoms with Crippen LogP contribution in [0.15, 0.2) is 29.6 Å². The average Bonchev–Trinajstić information content (AvgIpc) is 2.80. The van der Waals surface area contributed by atoms with Gasteiger partial charge in [-0.25, -0.2) is 0 Å². The molecule has 0 fully saturated rings. The number of nitrogens with one attached hydrogen (secondary N) is 1. The summed E-state index contributed by atoms with van der Waals surface area (Å²) in [5.74, 6) is 2.48. The van der Waals surface area contributed by atoms with E-state index in [0.29, 0.717) is 6.04 Å². The first-order valence-corrected chi connectivity index (χ1v) is 8.61. The zero-order valence-corrected chi connectivity index (χ0v) is 12.7. The Morgan fingerprint density at radius 2 is 2.17 bits per heavy atom. The molecule has 1 heterocycles. The number of thiophene rings is 1. The second-order valence-electron chi connectivity index (χ2n) is 4.52. The first-order valence-electron chi connectivity index (χ1n) is 6.57. The molecular formula is C15H21NS2. The van der Waals surface area contributed by atoms with Crippen LogP contribution in [-0.4, -0.2) is 17.5 Å². The Balaban J connectivity index is 1.86. The maximum atomic E-state index is 3.63. The van der Waals surface area contributed by atoms with Crippen molar-refractivity contribution in [1.82, 2.24) is 5.32 Å². The molecule has 0 saturated heterocycles. The molecule has 2 rings (SSSR count). The van der Waals surface area contributed by atoms with Crippen LogP contribution in [0.5, 0.6) is 0 Å². The highest BCUT2D eigenvalue weighted by atomic mass is 32.2. The summed E-state index contributed by atoms with van der Waals surface area (Å²) >= 11 is 3.87. The van der Waals surface area contributed by atoms with Crippen molar-refractivity contribution in [3.8, 4) is 0 Å². The first-order chi connectivity index (χ1) is 8.81. The summed E-state index contributed by atoms with van der Waals surface area (Å²) in [6.45, 7) is 5.49. The van der Waals surface area contributed by atoms with E-state index in [1.165, 1.54) is 33.6 Å². The molecule has 1 nitrogen and oxygen atoms in total. The van der Waals surface area contributed by atoms with Gasteiger partial charge < -0.3 is 5.32 Å². The molecular weight excluding hydrogens is 258 g/mol. The molecule has 1 unspecified atom stereocenters. The summed E-state index contributed by atoms with van der Waals surface area (Å²) in [7, 11) is 0. The maximum absolute atomic E-state index is 3.63. The van der Waals surface area contributed by atoms with E-state index in [9.17, 15) is 0 Å². The van der Waals surface area contributed by atoms with E-state index in [4.69, 9.17) is 0 Å². The third-order valence-corrected chi connectivity index (χ3v) is 5.05. The van der Waals surface area contributed by atoms with Crippen LogP contribution in [0.4, 0.5) is 0 Å². The summed E-state index contributed by atoms with van der Waals surface area (Å²) in [6, 6.07) is 9.26. The zero-order chi connectivity index (χ0) is 12.8. The molecule has 0 amide bonds. The monoisotopic (exact) mass is 279 g/mol. The Kier molecular flexibility index (Phi) is 5.54. The molecule has 2 aromatic rings. The number of hydrogen-bond acceptors (Lipinski definition) is 3. The van der Waals surface area contributed by atoms with E-state index < -0.39 is 0 Å². The molecule has 1 N–H and O–H groups in total. The highest BCUT2D eigenvalue weighted by molar-refractivity contribution is 7.99. The fraction of sp³-hybridized carbons (Fsp3) is 0.467. The summed E-state index contributed by atoms with van der Waals surface area (Å²) in [5, 5.41) is 7.32. The van der Waals surface area contributed by atoms with Crippen molar-refractivity contribution in [3.05, 3.63) is 35.2 Å². The maximum Gasteiger partial charge on any atom is 0.0346 e. The molecule has 0 spiro atoms. The second-order valence-corrected chi connectivity index (χ2v) is 6.83. The van der Waals surface area contributed by atoms with Gasteiger partial charge in [-0.3, -0.25) is 0 Å². The Labute approximate surface area is 118 Å². The van der Waals surface area contributed by atoms with Crippen molar-refractivity contribution in [1.29, 1.82) is 0 Å². The molecule has 0 aliphatic carbocycles. The second kappa shape index (κ2) is 7.17. The Hall–Kier alpha value is -0.510. The van der Waals surface area contributed by atoms with Gasteiger partial charge in [0.05, 0.1) is 0 Å². The number of benzene rings is 1. The largest absolute Gasteiger partial charge is 0.310 e. The molecule has 0 aliphatic heterocycles. The van der Waals surface area contributed by atoms with Crippen molar-refractivity contribution in [2.75, 3.05) is 11.5 Å². The molecule has 0 bridgehead atoms. The number of thioether (sulfide) groups is 1. The van der Waals surface area contributed by atoms with Crippen molar-refractivity contribution in [3.63, 3.8) is 0 Å². The summed E-state index contributed by atoms with van der Waals surface area (Å²) in [4.78, 5) is 0. The topological polar surface area (TPSA) is 12.0 Å². The van der Waals surface area contributed by atoms with Gasteiger partial charge in [-0.1, -0.05) is 25.1 Å². The molecule has 1 aromatic heterocycles. The van der Waals surface area contributed by atoms with Crippen molar-refractivity contribution in [2.24, 2.45) is 0 Å². The molecule has 3 heteroatoms. The first kappa shape index (κ1) is 13.9. The zero-order valence-electron chi connectivity index (χ0n) is 11.1.